The van der Waals surface area contributed by atoms with Gasteiger partial charge in [-0.25, -0.2) is 9.78 Å². The number of primary amides is 1. The quantitative estimate of drug-likeness (QED) is 0.614. The molecule has 0 radical (unpaired) electrons. The first kappa shape index (κ1) is 18.8. The Balaban J connectivity index is 1.87. The van der Waals surface area contributed by atoms with Crippen LogP contribution in [0.1, 0.15) is 10.4 Å². The molecule has 0 saturated carbocycles. The molecule has 0 aliphatic rings. The van der Waals surface area contributed by atoms with Gasteiger partial charge in [0.15, 0.2) is 6.61 Å². The van der Waals surface area contributed by atoms with Crippen molar-refractivity contribution >= 4 is 51.6 Å². The van der Waals surface area contributed by atoms with Crippen LogP contribution in [0.5, 0.6) is 0 Å². The summed E-state index contributed by atoms with van der Waals surface area (Å²) in [6, 6.07) is 12.3. The second kappa shape index (κ2) is 8.15. The number of carbonyl (C=O) groups is 3. The summed E-state index contributed by atoms with van der Waals surface area (Å²) in [6.45, 7) is -0.846. The molecule has 3 rings (SSSR count). The first-order valence-corrected chi connectivity index (χ1v) is 9.01. The van der Waals surface area contributed by atoms with Crippen LogP contribution < -0.4 is 11.1 Å². The fourth-order valence-electron chi connectivity index (χ4n) is 2.37. The third-order valence-corrected chi connectivity index (χ3v) is 4.81. The highest BCUT2D eigenvalue weighted by Gasteiger charge is 2.17. The summed E-state index contributed by atoms with van der Waals surface area (Å²) in [5.74, 6) is -1.98. The van der Waals surface area contributed by atoms with Gasteiger partial charge in [-0.2, -0.15) is 0 Å². The Kier molecular flexibility index (Phi) is 5.68. The maximum Gasteiger partial charge on any atom is 0.339 e. The predicted molar refractivity (Wildman–Crippen MR) is 103 cm³/mol. The van der Waals surface area contributed by atoms with Gasteiger partial charge in [-0.15, -0.1) is 11.3 Å². The lowest BCUT2D eigenvalue weighted by atomic mass is 10.1. The van der Waals surface area contributed by atoms with E-state index in [9.17, 15) is 14.4 Å². The Bertz CT molecular complexity index is 1030. The molecule has 0 aliphatic carbocycles. The number of pyridine rings is 1. The molecule has 2 amide bonds. The molecule has 3 N–H and O–H groups in total. The van der Waals surface area contributed by atoms with Crippen molar-refractivity contribution in [3.8, 4) is 10.6 Å². The molecule has 0 atom stereocenters. The zero-order valence-corrected chi connectivity index (χ0v) is 15.5. The zero-order chi connectivity index (χ0) is 19.4. The van der Waals surface area contributed by atoms with Crippen molar-refractivity contribution in [2.45, 2.75) is 0 Å². The predicted octanol–water partition coefficient (Wildman–Crippen LogP) is 2.38. The van der Waals surface area contributed by atoms with Gasteiger partial charge < -0.3 is 15.8 Å². The molecule has 1 aromatic carbocycles. The van der Waals surface area contributed by atoms with Crippen LogP contribution in [0.2, 0.25) is 4.34 Å². The van der Waals surface area contributed by atoms with Gasteiger partial charge in [0.1, 0.15) is 0 Å². The number of halogens is 1. The first-order chi connectivity index (χ1) is 12.9. The van der Waals surface area contributed by atoms with E-state index in [1.807, 2.05) is 12.1 Å². The number of fused-ring (bicyclic) bond motifs is 1. The Morgan fingerprint density at radius 2 is 1.96 bits per heavy atom. The molecule has 7 nitrogen and oxygen atoms in total. The average molecular weight is 404 g/mol. The number of nitrogens with one attached hydrogen (secondary N) is 1. The number of hydrogen-bond donors (Lipinski definition) is 2. The van der Waals surface area contributed by atoms with Crippen molar-refractivity contribution in [1.29, 1.82) is 0 Å². The fraction of sp³-hybridized carbons (Fsp3) is 0.111. The number of amides is 2. The Hall–Kier alpha value is -2.97. The van der Waals surface area contributed by atoms with E-state index in [1.54, 1.807) is 30.3 Å². The standard InChI is InChI=1S/C18H14ClN3O4S/c19-15-6-5-14(27-15)13-7-11(10-3-1-2-4-12(10)22-13)18(25)26-9-17(24)21-8-16(20)23/h1-7H,8-9H2,(H2,20,23)(H,21,24). The highest BCUT2D eigenvalue weighted by atomic mass is 35.5. The molecule has 0 unspecified atom stereocenters. The number of para-hydroxylation sites is 1. The summed E-state index contributed by atoms with van der Waals surface area (Å²) in [5, 5.41) is 2.85. The zero-order valence-electron chi connectivity index (χ0n) is 13.9. The summed E-state index contributed by atoms with van der Waals surface area (Å²) in [4.78, 5) is 40.2. The highest BCUT2D eigenvalue weighted by Crippen LogP contribution is 2.32. The molecule has 3 aromatic rings. The van der Waals surface area contributed by atoms with Crippen molar-refractivity contribution in [2.24, 2.45) is 5.73 Å². The second-order valence-electron chi connectivity index (χ2n) is 5.50. The second-order valence-corrected chi connectivity index (χ2v) is 7.21. The van der Waals surface area contributed by atoms with Gasteiger partial charge in [-0.3, -0.25) is 9.59 Å². The van der Waals surface area contributed by atoms with Gasteiger partial charge in [0.25, 0.3) is 5.91 Å². The van der Waals surface area contributed by atoms with Gasteiger partial charge in [-0.1, -0.05) is 29.8 Å². The van der Waals surface area contributed by atoms with Crippen molar-refractivity contribution in [3.05, 3.63) is 52.4 Å². The molecule has 2 aromatic heterocycles. The van der Waals surface area contributed by atoms with Crippen molar-refractivity contribution in [1.82, 2.24) is 10.3 Å². The van der Waals surface area contributed by atoms with Crippen LogP contribution in [0.15, 0.2) is 42.5 Å². The minimum absolute atomic E-state index is 0.280. The lowest BCUT2D eigenvalue weighted by Gasteiger charge is -2.09. The number of aromatic nitrogens is 1. The smallest absolute Gasteiger partial charge is 0.339 e. The van der Waals surface area contributed by atoms with Crippen LogP contribution in [0.25, 0.3) is 21.5 Å². The number of carbonyl (C=O) groups excluding carboxylic acids is 3. The number of hydrogen-bond acceptors (Lipinski definition) is 6. The number of thiophene rings is 1. The number of rotatable bonds is 6. The normalized spacial score (nSPS) is 10.6. The van der Waals surface area contributed by atoms with Crippen LogP contribution in [-0.4, -0.2) is 35.9 Å². The van der Waals surface area contributed by atoms with Crippen LogP contribution >= 0.6 is 22.9 Å². The summed E-state index contributed by atoms with van der Waals surface area (Å²) in [5.41, 5.74) is 6.42. The van der Waals surface area contributed by atoms with Gasteiger partial charge >= 0.3 is 5.97 Å². The van der Waals surface area contributed by atoms with E-state index in [4.69, 9.17) is 22.1 Å². The molecule has 0 fully saturated rings. The van der Waals surface area contributed by atoms with E-state index >= 15 is 0 Å². The Labute approximate surface area is 163 Å². The summed E-state index contributed by atoms with van der Waals surface area (Å²) in [7, 11) is 0. The summed E-state index contributed by atoms with van der Waals surface area (Å²) in [6.07, 6.45) is 0. The van der Waals surface area contributed by atoms with E-state index in [0.29, 0.717) is 20.9 Å². The van der Waals surface area contributed by atoms with Crippen molar-refractivity contribution < 1.29 is 19.1 Å². The molecule has 9 heteroatoms. The van der Waals surface area contributed by atoms with Crippen LogP contribution in [0.4, 0.5) is 0 Å². The number of ether oxygens (including phenoxy) is 1. The minimum atomic E-state index is -0.686. The third kappa shape index (κ3) is 4.60. The average Bonchev–Trinajstić information content (AvgIpc) is 3.09. The monoisotopic (exact) mass is 403 g/mol. The van der Waals surface area contributed by atoms with E-state index in [1.165, 1.54) is 11.3 Å². The van der Waals surface area contributed by atoms with E-state index in [2.05, 4.69) is 10.3 Å². The fourth-order valence-corrected chi connectivity index (χ4v) is 3.37. The highest BCUT2D eigenvalue weighted by molar-refractivity contribution is 7.19. The molecular formula is C18H14ClN3O4S. The number of nitrogens with zero attached hydrogens (tertiary/aromatic N) is 1. The Morgan fingerprint density at radius 3 is 2.67 bits per heavy atom. The van der Waals surface area contributed by atoms with Crippen LogP contribution in [0, 0.1) is 0 Å². The number of benzene rings is 1. The maximum atomic E-state index is 12.5. The van der Waals surface area contributed by atoms with Gasteiger partial charge in [0.2, 0.25) is 5.91 Å². The topological polar surface area (TPSA) is 111 Å². The van der Waals surface area contributed by atoms with Crippen LogP contribution in [0.3, 0.4) is 0 Å². The Morgan fingerprint density at radius 1 is 1.19 bits per heavy atom. The molecule has 0 bridgehead atoms. The largest absolute Gasteiger partial charge is 0.452 e. The van der Waals surface area contributed by atoms with E-state index in [-0.39, 0.29) is 12.1 Å². The van der Waals surface area contributed by atoms with Crippen molar-refractivity contribution in [3.63, 3.8) is 0 Å². The summed E-state index contributed by atoms with van der Waals surface area (Å²) >= 11 is 7.33. The van der Waals surface area contributed by atoms with E-state index < -0.39 is 24.4 Å². The summed E-state index contributed by atoms with van der Waals surface area (Å²) < 4.78 is 5.68. The minimum Gasteiger partial charge on any atom is -0.452 e. The molecule has 2 heterocycles. The molecule has 0 spiro atoms. The lowest BCUT2D eigenvalue weighted by molar-refractivity contribution is -0.127. The molecule has 138 valence electrons. The maximum absolute atomic E-state index is 12.5. The molecule has 0 saturated heterocycles. The van der Waals surface area contributed by atoms with Crippen molar-refractivity contribution in [2.75, 3.05) is 13.2 Å². The number of esters is 1. The van der Waals surface area contributed by atoms with E-state index in [0.717, 1.165) is 4.88 Å². The van der Waals surface area contributed by atoms with Gasteiger partial charge in [-0.05, 0) is 24.3 Å². The number of nitrogens with two attached hydrogens (primary N) is 1. The molecular weight excluding hydrogens is 390 g/mol. The van der Waals surface area contributed by atoms with Crippen LogP contribution in [-0.2, 0) is 14.3 Å². The lowest BCUT2D eigenvalue weighted by Crippen LogP contribution is -2.36. The van der Waals surface area contributed by atoms with Gasteiger partial charge in [0.05, 0.1) is 32.5 Å². The SMILES string of the molecule is NC(=O)CNC(=O)COC(=O)c1cc(-c2ccc(Cl)s2)nc2ccccc12. The molecule has 0 aliphatic heterocycles. The third-order valence-electron chi connectivity index (χ3n) is 3.56. The first-order valence-electron chi connectivity index (χ1n) is 7.81. The van der Waals surface area contributed by atoms with Gasteiger partial charge in [0, 0.05) is 5.39 Å². The molecule has 27 heavy (non-hydrogen) atoms.